The summed E-state index contributed by atoms with van der Waals surface area (Å²) in [5, 5.41) is 0. The van der Waals surface area contributed by atoms with Crippen LogP contribution in [0.4, 0.5) is 11.4 Å². The molecule has 0 amide bonds. The van der Waals surface area contributed by atoms with Crippen molar-refractivity contribution in [3.05, 3.63) is 23.8 Å². The minimum atomic E-state index is 0.443. The van der Waals surface area contributed by atoms with Crippen LogP contribution in [0.15, 0.2) is 18.2 Å². The molecule has 104 valence electrons. The summed E-state index contributed by atoms with van der Waals surface area (Å²) < 4.78 is 5.57. The first-order chi connectivity index (χ1) is 9.28. The van der Waals surface area contributed by atoms with Crippen molar-refractivity contribution in [3.63, 3.8) is 0 Å². The van der Waals surface area contributed by atoms with Crippen LogP contribution in [0.1, 0.15) is 37.7 Å². The highest BCUT2D eigenvalue weighted by Gasteiger charge is 2.29. The summed E-state index contributed by atoms with van der Waals surface area (Å²) in [5.74, 6) is 0. The van der Waals surface area contributed by atoms with Crippen molar-refractivity contribution in [1.82, 2.24) is 0 Å². The Balaban J connectivity index is 1.83. The lowest BCUT2D eigenvalue weighted by atomic mass is 9.89. The largest absolute Gasteiger partial charge is 0.399 e. The predicted molar refractivity (Wildman–Crippen MR) is 79.6 cm³/mol. The van der Waals surface area contributed by atoms with E-state index in [1.54, 1.807) is 0 Å². The Morgan fingerprint density at radius 1 is 1.26 bits per heavy atom. The van der Waals surface area contributed by atoms with Crippen LogP contribution >= 0.6 is 0 Å². The number of anilines is 2. The number of hydrogen-bond donors (Lipinski definition) is 1. The molecule has 2 unspecified atom stereocenters. The first-order valence-corrected chi connectivity index (χ1v) is 7.46. The van der Waals surface area contributed by atoms with Gasteiger partial charge in [0.15, 0.2) is 0 Å². The van der Waals surface area contributed by atoms with E-state index < -0.39 is 0 Å². The van der Waals surface area contributed by atoms with Crippen molar-refractivity contribution < 1.29 is 4.74 Å². The fraction of sp³-hybridized carbons (Fsp3) is 0.625. The maximum atomic E-state index is 5.91. The number of aryl methyl sites for hydroxylation is 1. The van der Waals surface area contributed by atoms with E-state index in [4.69, 9.17) is 10.5 Å². The van der Waals surface area contributed by atoms with Gasteiger partial charge in [0.1, 0.15) is 0 Å². The lowest BCUT2D eigenvalue weighted by Gasteiger charge is -2.41. The molecule has 3 heteroatoms. The lowest BCUT2D eigenvalue weighted by molar-refractivity contribution is 0.0629. The van der Waals surface area contributed by atoms with E-state index >= 15 is 0 Å². The number of nitrogens with zero attached hydrogens (tertiary/aromatic N) is 1. The highest BCUT2D eigenvalue weighted by Crippen LogP contribution is 2.34. The predicted octanol–water partition coefficient (Wildman–Crippen LogP) is 2.98. The summed E-state index contributed by atoms with van der Waals surface area (Å²) in [4.78, 5) is 2.60. The molecule has 3 nitrogen and oxygen atoms in total. The molecule has 19 heavy (non-hydrogen) atoms. The molecule has 1 aromatic rings. The Kier molecular flexibility index (Phi) is 3.65. The molecular formula is C16H24N2O. The van der Waals surface area contributed by atoms with Crippen LogP contribution in [0.25, 0.3) is 0 Å². The van der Waals surface area contributed by atoms with Crippen molar-refractivity contribution in [2.75, 3.05) is 24.3 Å². The second-order valence-electron chi connectivity index (χ2n) is 5.86. The fourth-order valence-electron chi connectivity index (χ4n) is 3.64. The molecule has 1 aromatic carbocycles. The number of nitrogen functional groups attached to an aromatic ring is 1. The van der Waals surface area contributed by atoms with Crippen LogP contribution in [0.3, 0.4) is 0 Å². The highest BCUT2D eigenvalue weighted by molar-refractivity contribution is 5.61. The molecule has 1 aliphatic heterocycles. The summed E-state index contributed by atoms with van der Waals surface area (Å²) in [7, 11) is 1.85. The maximum Gasteiger partial charge on any atom is 0.0591 e. The van der Waals surface area contributed by atoms with E-state index in [2.05, 4.69) is 17.0 Å². The number of methoxy groups -OCH3 is 1. The van der Waals surface area contributed by atoms with E-state index in [0.717, 1.165) is 12.1 Å². The molecule has 1 aliphatic carbocycles. The summed E-state index contributed by atoms with van der Waals surface area (Å²) in [6, 6.07) is 7.04. The topological polar surface area (TPSA) is 38.5 Å². The van der Waals surface area contributed by atoms with Gasteiger partial charge < -0.3 is 15.4 Å². The number of fused-ring (bicyclic) bond motifs is 1. The lowest BCUT2D eigenvalue weighted by Crippen LogP contribution is -2.43. The van der Waals surface area contributed by atoms with Crippen LogP contribution in [-0.4, -0.2) is 25.8 Å². The Bertz CT molecular complexity index is 446. The zero-order chi connectivity index (χ0) is 13.2. The quantitative estimate of drug-likeness (QED) is 0.831. The van der Waals surface area contributed by atoms with Crippen LogP contribution in [0, 0.1) is 0 Å². The SMILES string of the molecule is COC1CCCC(N2CCCc3cc(N)ccc32)C1. The number of benzene rings is 1. The zero-order valence-electron chi connectivity index (χ0n) is 11.8. The van der Waals surface area contributed by atoms with Crippen LogP contribution in [-0.2, 0) is 11.2 Å². The second kappa shape index (κ2) is 5.41. The van der Waals surface area contributed by atoms with Gasteiger partial charge in [-0.1, -0.05) is 0 Å². The Labute approximate surface area is 115 Å². The molecule has 0 saturated heterocycles. The van der Waals surface area contributed by atoms with Gasteiger partial charge in [-0.05, 0) is 62.3 Å². The average Bonchev–Trinajstić information content (AvgIpc) is 2.46. The van der Waals surface area contributed by atoms with Gasteiger partial charge in [-0.2, -0.15) is 0 Å². The molecule has 3 rings (SSSR count). The molecule has 0 radical (unpaired) electrons. The minimum Gasteiger partial charge on any atom is -0.399 e. The van der Waals surface area contributed by atoms with Crippen molar-refractivity contribution >= 4 is 11.4 Å². The molecular weight excluding hydrogens is 236 g/mol. The van der Waals surface area contributed by atoms with E-state index in [1.165, 1.54) is 49.9 Å². The van der Waals surface area contributed by atoms with Gasteiger partial charge in [-0.25, -0.2) is 0 Å². The minimum absolute atomic E-state index is 0.443. The van der Waals surface area contributed by atoms with Crippen LogP contribution in [0.5, 0.6) is 0 Å². The number of nitrogens with two attached hydrogens (primary N) is 1. The van der Waals surface area contributed by atoms with Gasteiger partial charge in [0.2, 0.25) is 0 Å². The first kappa shape index (κ1) is 12.8. The third-order valence-electron chi connectivity index (χ3n) is 4.63. The third-order valence-corrected chi connectivity index (χ3v) is 4.63. The van der Waals surface area contributed by atoms with Gasteiger partial charge in [-0.3, -0.25) is 0 Å². The third kappa shape index (κ3) is 2.57. The number of ether oxygens (including phenoxy) is 1. The molecule has 1 saturated carbocycles. The van der Waals surface area contributed by atoms with E-state index in [9.17, 15) is 0 Å². The smallest absolute Gasteiger partial charge is 0.0591 e. The normalized spacial score (nSPS) is 27.1. The van der Waals surface area contributed by atoms with E-state index in [1.807, 2.05) is 13.2 Å². The second-order valence-corrected chi connectivity index (χ2v) is 5.86. The van der Waals surface area contributed by atoms with Gasteiger partial charge in [0, 0.05) is 31.1 Å². The average molecular weight is 260 g/mol. The molecule has 0 spiro atoms. The molecule has 1 fully saturated rings. The Hall–Kier alpha value is -1.22. The number of rotatable bonds is 2. The van der Waals surface area contributed by atoms with Crippen molar-refractivity contribution in [2.24, 2.45) is 0 Å². The van der Waals surface area contributed by atoms with Gasteiger partial charge >= 0.3 is 0 Å². The van der Waals surface area contributed by atoms with Crippen molar-refractivity contribution in [3.8, 4) is 0 Å². The van der Waals surface area contributed by atoms with Crippen molar-refractivity contribution in [2.45, 2.75) is 50.7 Å². The summed E-state index contributed by atoms with van der Waals surface area (Å²) in [6.07, 6.45) is 7.81. The molecule has 1 heterocycles. The summed E-state index contributed by atoms with van der Waals surface area (Å²) in [5.41, 5.74) is 9.63. The van der Waals surface area contributed by atoms with E-state index in [-0.39, 0.29) is 0 Å². The van der Waals surface area contributed by atoms with Crippen molar-refractivity contribution in [1.29, 1.82) is 0 Å². The maximum absolute atomic E-state index is 5.91. The summed E-state index contributed by atoms with van der Waals surface area (Å²) >= 11 is 0. The molecule has 2 aliphatic rings. The molecule has 0 aromatic heterocycles. The van der Waals surface area contributed by atoms with Gasteiger partial charge in [0.25, 0.3) is 0 Å². The number of hydrogen-bond acceptors (Lipinski definition) is 3. The molecule has 0 bridgehead atoms. The Morgan fingerprint density at radius 2 is 2.16 bits per heavy atom. The molecule has 2 atom stereocenters. The van der Waals surface area contributed by atoms with Gasteiger partial charge in [-0.15, -0.1) is 0 Å². The van der Waals surface area contributed by atoms with Crippen LogP contribution < -0.4 is 10.6 Å². The standard InChI is InChI=1S/C16H24N2O/c1-19-15-6-2-5-14(11-15)18-9-3-4-12-10-13(17)7-8-16(12)18/h7-8,10,14-15H,2-6,9,11,17H2,1H3. The fourth-order valence-corrected chi connectivity index (χ4v) is 3.64. The van der Waals surface area contributed by atoms with E-state index in [0.29, 0.717) is 12.1 Å². The molecule has 2 N–H and O–H groups in total. The highest BCUT2D eigenvalue weighted by atomic mass is 16.5. The van der Waals surface area contributed by atoms with Crippen LogP contribution in [0.2, 0.25) is 0 Å². The monoisotopic (exact) mass is 260 g/mol. The zero-order valence-corrected chi connectivity index (χ0v) is 11.8. The first-order valence-electron chi connectivity index (χ1n) is 7.46. The van der Waals surface area contributed by atoms with Gasteiger partial charge in [0.05, 0.1) is 6.10 Å². The summed E-state index contributed by atoms with van der Waals surface area (Å²) in [6.45, 7) is 1.18. The Morgan fingerprint density at radius 3 is 3.00 bits per heavy atom.